The van der Waals surface area contributed by atoms with Crippen LogP contribution in [-0.2, 0) is 0 Å². The van der Waals surface area contributed by atoms with E-state index in [1.807, 2.05) is 83.0 Å². The SMILES string of the molecule is CSC1=C([N+](=O)[O-])C[NH+](CCCC[NH+]2CC([N+](=O)[O-])=C(SC)N(c3ccccc3)C2)CN1c1ccccc1. The molecular weight excluding hydrogens is 524 g/mol. The topological polar surface area (TPSA) is 102 Å². The number of nitrogens with one attached hydrogen (secondary N) is 2. The van der Waals surface area contributed by atoms with E-state index in [2.05, 4.69) is 0 Å². The maximum absolute atomic E-state index is 11.9. The number of anilines is 2. The lowest BCUT2D eigenvalue weighted by atomic mass is 10.2. The zero-order valence-corrected chi connectivity index (χ0v) is 23.3. The van der Waals surface area contributed by atoms with Crippen LogP contribution in [0.3, 0.4) is 0 Å². The fraction of sp³-hybridized carbons (Fsp3) is 0.385. The number of nitrogens with zero attached hydrogens (tertiary/aromatic N) is 4. The van der Waals surface area contributed by atoms with Gasteiger partial charge in [-0.3, -0.25) is 30.0 Å². The molecule has 2 aliphatic rings. The quantitative estimate of drug-likeness (QED) is 0.246. The van der Waals surface area contributed by atoms with Crippen LogP contribution in [0.1, 0.15) is 12.8 Å². The minimum atomic E-state index is -0.244. The van der Waals surface area contributed by atoms with Crippen LogP contribution in [0.2, 0.25) is 0 Å². The van der Waals surface area contributed by atoms with Gasteiger partial charge in [-0.25, -0.2) is 0 Å². The summed E-state index contributed by atoms with van der Waals surface area (Å²) in [6, 6.07) is 19.6. The first-order valence-corrected chi connectivity index (χ1v) is 15.0. The Labute approximate surface area is 231 Å². The van der Waals surface area contributed by atoms with Gasteiger partial charge in [0.25, 0.3) is 0 Å². The third-order valence-corrected chi connectivity index (χ3v) is 8.54. The van der Waals surface area contributed by atoms with Gasteiger partial charge in [-0.05, 0) is 36.8 Å². The molecule has 0 saturated heterocycles. The molecule has 2 unspecified atom stereocenters. The molecule has 202 valence electrons. The van der Waals surface area contributed by atoms with Gasteiger partial charge in [-0.1, -0.05) is 36.4 Å². The van der Waals surface area contributed by atoms with Crippen LogP contribution in [0, 0.1) is 20.2 Å². The molecule has 38 heavy (non-hydrogen) atoms. The van der Waals surface area contributed by atoms with Crippen molar-refractivity contribution in [2.75, 3.05) is 61.8 Å². The number of hydrogen-bond acceptors (Lipinski definition) is 8. The maximum atomic E-state index is 11.9. The summed E-state index contributed by atoms with van der Waals surface area (Å²) in [5, 5.41) is 25.2. The van der Waals surface area contributed by atoms with E-state index in [9.17, 15) is 20.2 Å². The standard InChI is InChI=1S/C26H32N6O4S2/c1-37-25-23(31(33)34)17-27(19-29(25)21-11-5-3-6-12-21)15-9-10-16-28-18-24(32(35)36)26(38-2)30(20-28)22-13-7-4-8-14-22/h3-8,11-14H,9-10,15-20H2,1-2H3/p+2. The van der Waals surface area contributed by atoms with E-state index in [0.29, 0.717) is 36.5 Å². The molecular formula is C26H34N6O4S2+2. The van der Waals surface area contributed by atoms with E-state index in [0.717, 1.165) is 47.1 Å². The number of nitro groups is 2. The van der Waals surface area contributed by atoms with Crippen LogP contribution in [0.4, 0.5) is 11.4 Å². The summed E-state index contributed by atoms with van der Waals surface area (Å²) in [7, 11) is 0. The van der Waals surface area contributed by atoms with Crippen molar-refractivity contribution in [1.29, 1.82) is 0 Å². The number of unbranched alkanes of at least 4 members (excludes halogenated alkanes) is 1. The van der Waals surface area contributed by atoms with E-state index >= 15 is 0 Å². The number of rotatable bonds is 11. The second-order valence-electron chi connectivity index (χ2n) is 9.33. The molecule has 2 atom stereocenters. The predicted molar refractivity (Wildman–Crippen MR) is 153 cm³/mol. The molecule has 0 amide bonds. The zero-order chi connectivity index (χ0) is 27.1. The number of thioether (sulfide) groups is 2. The van der Waals surface area contributed by atoms with Crippen molar-refractivity contribution in [1.82, 2.24) is 0 Å². The molecule has 0 saturated carbocycles. The highest BCUT2D eigenvalue weighted by molar-refractivity contribution is 8.02. The summed E-state index contributed by atoms with van der Waals surface area (Å²) in [6.07, 6.45) is 5.55. The minimum absolute atomic E-state index is 0.244. The highest BCUT2D eigenvalue weighted by atomic mass is 32.2. The average molecular weight is 559 g/mol. The highest BCUT2D eigenvalue weighted by Crippen LogP contribution is 2.29. The van der Waals surface area contributed by atoms with Crippen LogP contribution >= 0.6 is 23.5 Å². The molecule has 0 radical (unpaired) electrons. The molecule has 2 heterocycles. The van der Waals surface area contributed by atoms with E-state index in [1.54, 1.807) is 0 Å². The molecule has 0 aliphatic carbocycles. The van der Waals surface area contributed by atoms with Crippen molar-refractivity contribution in [3.05, 3.63) is 102 Å². The Morgan fingerprint density at radius 3 is 1.39 bits per heavy atom. The molecule has 2 aromatic carbocycles. The molecule has 10 nitrogen and oxygen atoms in total. The average Bonchev–Trinajstić information content (AvgIpc) is 2.95. The van der Waals surface area contributed by atoms with E-state index in [-0.39, 0.29) is 21.2 Å². The van der Waals surface area contributed by atoms with Gasteiger partial charge in [0.1, 0.15) is 0 Å². The molecule has 2 aliphatic heterocycles. The zero-order valence-electron chi connectivity index (χ0n) is 21.7. The lowest BCUT2D eigenvalue weighted by molar-refractivity contribution is -0.908. The summed E-state index contributed by atoms with van der Waals surface area (Å²) >= 11 is 2.84. The third kappa shape index (κ3) is 6.49. The first kappa shape index (κ1) is 28.0. The molecule has 0 fully saturated rings. The largest absolute Gasteiger partial charge is 0.330 e. The molecule has 4 rings (SSSR count). The number of para-hydroxylation sites is 2. The fourth-order valence-corrected chi connectivity index (χ4v) is 6.64. The van der Waals surface area contributed by atoms with Gasteiger partial charge < -0.3 is 9.80 Å². The summed E-state index contributed by atoms with van der Waals surface area (Å²) in [6.45, 7) is 3.70. The Morgan fingerprint density at radius 2 is 1.08 bits per heavy atom. The van der Waals surface area contributed by atoms with Crippen molar-refractivity contribution >= 4 is 34.9 Å². The first-order chi connectivity index (χ1) is 18.4. The fourth-order valence-electron chi connectivity index (χ4n) is 5.10. The van der Waals surface area contributed by atoms with Crippen LogP contribution in [0.25, 0.3) is 0 Å². The van der Waals surface area contributed by atoms with Crippen molar-refractivity contribution < 1.29 is 19.6 Å². The van der Waals surface area contributed by atoms with Crippen molar-refractivity contribution in [3.63, 3.8) is 0 Å². The lowest BCUT2D eigenvalue weighted by Crippen LogP contribution is -3.15. The van der Waals surface area contributed by atoms with Gasteiger partial charge in [0.05, 0.1) is 22.9 Å². The van der Waals surface area contributed by atoms with Gasteiger partial charge in [-0.2, -0.15) is 0 Å². The van der Waals surface area contributed by atoms with Crippen LogP contribution in [0.5, 0.6) is 0 Å². The van der Waals surface area contributed by atoms with E-state index < -0.39 is 0 Å². The van der Waals surface area contributed by atoms with Crippen molar-refractivity contribution in [3.8, 4) is 0 Å². The van der Waals surface area contributed by atoms with Crippen LogP contribution < -0.4 is 19.6 Å². The van der Waals surface area contributed by atoms with Gasteiger partial charge in [0, 0.05) is 24.2 Å². The highest BCUT2D eigenvalue weighted by Gasteiger charge is 2.37. The second kappa shape index (κ2) is 13.1. The van der Waals surface area contributed by atoms with E-state index in [4.69, 9.17) is 0 Å². The van der Waals surface area contributed by atoms with Crippen LogP contribution in [0.15, 0.2) is 82.1 Å². The number of quaternary nitrogens is 2. The molecule has 0 aromatic heterocycles. The van der Waals surface area contributed by atoms with Crippen molar-refractivity contribution in [2.24, 2.45) is 0 Å². The molecule has 2 N–H and O–H groups in total. The molecule has 2 aromatic rings. The van der Waals surface area contributed by atoms with Crippen LogP contribution in [-0.4, -0.2) is 61.9 Å². The maximum Gasteiger partial charge on any atom is 0.330 e. The number of benzene rings is 2. The monoisotopic (exact) mass is 558 g/mol. The Morgan fingerprint density at radius 1 is 0.711 bits per heavy atom. The Bertz CT molecular complexity index is 1100. The second-order valence-corrected chi connectivity index (χ2v) is 10.9. The smallest absolute Gasteiger partial charge is 0.309 e. The normalized spacial score (nSPS) is 20.2. The summed E-state index contributed by atoms with van der Waals surface area (Å²) in [5.41, 5.74) is 2.42. The third-order valence-electron chi connectivity index (χ3n) is 6.86. The van der Waals surface area contributed by atoms with Crippen molar-refractivity contribution in [2.45, 2.75) is 12.8 Å². The Kier molecular flexibility index (Phi) is 9.67. The number of hydrogen-bond donors (Lipinski definition) is 2. The van der Waals surface area contributed by atoms with Gasteiger partial charge >= 0.3 is 11.4 Å². The summed E-state index contributed by atoms with van der Waals surface area (Å²) in [5.74, 6) is 0. The summed E-state index contributed by atoms with van der Waals surface area (Å²) in [4.78, 5) is 29.7. The Hall–Kier alpha value is -3.06. The van der Waals surface area contributed by atoms with E-state index in [1.165, 1.54) is 23.5 Å². The molecule has 12 heteroatoms. The Balaban J connectivity index is 1.40. The van der Waals surface area contributed by atoms with Gasteiger partial charge in [0.15, 0.2) is 36.5 Å². The summed E-state index contributed by atoms with van der Waals surface area (Å²) < 4.78 is 0. The van der Waals surface area contributed by atoms with Gasteiger partial charge in [0.2, 0.25) is 0 Å². The minimum Gasteiger partial charge on any atom is -0.309 e. The van der Waals surface area contributed by atoms with Gasteiger partial charge in [-0.15, -0.1) is 23.5 Å². The lowest BCUT2D eigenvalue weighted by Gasteiger charge is -2.34. The molecule has 0 bridgehead atoms. The predicted octanol–water partition coefficient (Wildman–Crippen LogP) is 2.11. The molecule has 0 spiro atoms. The first-order valence-electron chi connectivity index (χ1n) is 12.6.